The quantitative estimate of drug-likeness (QED) is 0.774. The van der Waals surface area contributed by atoms with Crippen LogP contribution in [0.4, 0.5) is 0 Å². The van der Waals surface area contributed by atoms with E-state index in [1.807, 2.05) is 31.5 Å². The first-order valence-electron chi connectivity index (χ1n) is 4.81. The Morgan fingerprint density at radius 3 is 2.79 bits per heavy atom. The average molecular weight is 192 g/mol. The summed E-state index contributed by atoms with van der Waals surface area (Å²) in [4.78, 5) is 0. The topological polar surface area (TPSA) is 53.6 Å². The minimum absolute atomic E-state index is 0.155. The summed E-state index contributed by atoms with van der Waals surface area (Å²) in [6, 6.07) is 4.08. The molecular formula is C10H16N4. The highest BCUT2D eigenvalue weighted by molar-refractivity contribution is 5.07. The van der Waals surface area contributed by atoms with Gasteiger partial charge >= 0.3 is 0 Å². The van der Waals surface area contributed by atoms with Gasteiger partial charge in [0.1, 0.15) is 6.04 Å². The molecule has 1 rings (SSSR count). The molecule has 0 saturated carbocycles. The van der Waals surface area contributed by atoms with Gasteiger partial charge in [-0.25, -0.2) is 0 Å². The van der Waals surface area contributed by atoms with Crippen LogP contribution >= 0.6 is 0 Å². The van der Waals surface area contributed by atoms with E-state index in [1.165, 1.54) is 0 Å². The number of nitrogens with zero attached hydrogens (tertiary/aromatic N) is 3. The average Bonchev–Trinajstić information content (AvgIpc) is 2.44. The Labute approximate surface area is 84.5 Å². The molecule has 0 spiro atoms. The van der Waals surface area contributed by atoms with E-state index in [1.54, 1.807) is 0 Å². The predicted octanol–water partition coefficient (Wildman–Crippen LogP) is 1.00. The van der Waals surface area contributed by atoms with Gasteiger partial charge in [0.25, 0.3) is 0 Å². The van der Waals surface area contributed by atoms with Crippen LogP contribution in [-0.4, -0.2) is 22.4 Å². The van der Waals surface area contributed by atoms with Crippen LogP contribution in [0.1, 0.15) is 18.3 Å². The fraction of sp³-hybridized carbons (Fsp3) is 0.600. The lowest BCUT2D eigenvalue weighted by Gasteiger charge is -2.10. The van der Waals surface area contributed by atoms with Crippen molar-refractivity contribution in [1.29, 1.82) is 5.26 Å². The number of hydrogen-bond acceptors (Lipinski definition) is 3. The summed E-state index contributed by atoms with van der Waals surface area (Å²) in [6.45, 7) is 7.37. The van der Waals surface area contributed by atoms with Crippen LogP contribution in [0.5, 0.6) is 0 Å². The van der Waals surface area contributed by atoms with Gasteiger partial charge in [-0.15, -0.1) is 0 Å². The Bertz CT molecular complexity index is 334. The lowest BCUT2D eigenvalue weighted by Crippen LogP contribution is -2.32. The molecule has 0 bridgehead atoms. The van der Waals surface area contributed by atoms with Gasteiger partial charge in [-0.2, -0.15) is 10.4 Å². The first-order valence-corrected chi connectivity index (χ1v) is 4.81. The molecule has 0 aliphatic heterocycles. The van der Waals surface area contributed by atoms with Gasteiger partial charge in [0.2, 0.25) is 0 Å². The smallest absolute Gasteiger partial charge is 0.115 e. The normalized spacial score (nSPS) is 12.4. The van der Waals surface area contributed by atoms with Crippen LogP contribution in [0.25, 0.3) is 0 Å². The monoisotopic (exact) mass is 192 g/mol. The lowest BCUT2D eigenvalue weighted by molar-refractivity contribution is 0.492. The number of nitrogens with one attached hydrogen (secondary N) is 1. The zero-order valence-corrected chi connectivity index (χ0v) is 8.91. The molecular weight excluding hydrogens is 176 g/mol. The highest BCUT2D eigenvalue weighted by atomic mass is 15.3. The van der Waals surface area contributed by atoms with E-state index in [-0.39, 0.29) is 6.04 Å². The highest BCUT2D eigenvalue weighted by Gasteiger charge is 2.08. The molecule has 0 aromatic carbocycles. The molecule has 1 aromatic rings. The predicted molar refractivity (Wildman–Crippen MR) is 54.8 cm³/mol. The van der Waals surface area contributed by atoms with E-state index in [2.05, 4.69) is 16.5 Å². The second-order valence-corrected chi connectivity index (χ2v) is 3.35. The first kappa shape index (κ1) is 10.7. The summed E-state index contributed by atoms with van der Waals surface area (Å²) in [5, 5.41) is 16.3. The Morgan fingerprint density at radius 2 is 2.36 bits per heavy atom. The molecule has 76 valence electrons. The second-order valence-electron chi connectivity index (χ2n) is 3.35. The molecule has 1 aromatic heterocycles. The summed E-state index contributed by atoms with van der Waals surface area (Å²) >= 11 is 0. The van der Waals surface area contributed by atoms with Crippen LogP contribution in [0.2, 0.25) is 0 Å². The van der Waals surface area contributed by atoms with E-state index >= 15 is 0 Å². The largest absolute Gasteiger partial charge is 0.301 e. The van der Waals surface area contributed by atoms with Crippen molar-refractivity contribution in [1.82, 2.24) is 15.1 Å². The van der Waals surface area contributed by atoms with Crippen molar-refractivity contribution in [2.45, 2.75) is 33.4 Å². The summed E-state index contributed by atoms with van der Waals surface area (Å²) in [5.74, 6) is 0. The molecule has 14 heavy (non-hydrogen) atoms. The van der Waals surface area contributed by atoms with E-state index in [0.29, 0.717) is 6.54 Å². The maximum absolute atomic E-state index is 8.86. The van der Waals surface area contributed by atoms with Gasteiger partial charge in [-0.05, 0) is 26.5 Å². The molecule has 0 radical (unpaired) electrons. The standard InChI is InChI=1S/C10H16N4/c1-4-12-10(6-11)7-14-9(3)5-8(2)13-14/h5,10,12H,4,7H2,1-3H3. The molecule has 0 fully saturated rings. The van der Waals surface area contributed by atoms with Crippen molar-refractivity contribution in [3.63, 3.8) is 0 Å². The van der Waals surface area contributed by atoms with Crippen LogP contribution in [0, 0.1) is 25.2 Å². The third-order valence-corrected chi connectivity index (χ3v) is 2.07. The third kappa shape index (κ3) is 2.57. The Balaban J connectivity index is 2.67. The zero-order valence-electron chi connectivity index (χ0n) is 8.91. The highest BCUT2D eigenvalue weighted by Crippen LogP contribution is 2.02. The maximum Gasteiger partial charge on any atom is 0.115 e. The molecule has 0 aliphatic rings. The Morgan fingerprint density at radius 1 is 1.64 bits per heavy atom. The number of rotatable bonds is 4. The van der Waals surface area contributed by atoms with Gasteiger partial charge in [-0.3, -0.25) is 4.68 Å². The van der Waals surface area contributed by atoms with Crippen molar-refractivity contribution in [3.05, 3.63) is 17.5 Å². The third-order valence-electron chi connectivity index (χ3n) is 2.07. The molecule has 0 aliphatic carbocycles. The fourth-order valence-electron chi connectivity index (χ4n) is 1.43. The number of aryl methyl sites for hydroxylation is 2. The maximum atomic E-state index is 8.86. The molecule has 1 heterocycles. The van der Waals surface area contributed by atoms with Crippen molar-refractivity contribution in [3.8, 4) is 6.07 Å². The van der Waals surface area contributed by atoms with E-state index < -0.39 is 0 Å². The number of hydrogen-bond donors (Lipinski definition) is 1. The van der Waals surface area contributed by atoms with Crippen LogP contribution < -0.4 is 5.32 Å². The van der Waals surface area contributed by atoms with E-state index in [4.69, 9.17) is 5.26 Å². The summed E-state index contributed by atoms with van der Waals surface area (Å²) in [5.41, 5.74) is 2.09. The minimum Gasteiger partial charge on any atom is -0.301 e. The van der Waals surface area contributed by atoms with Crippen LogP contribution in [-0.2, 0) is 6.54 Å². The molecule has 1 atom stereocenters. The van der Waals surface area contributed by atoms with Gasteiger partial charge < -0.3 is 5.32 Å². The van der Waals surface area contributed by atoms with Gasteiger partial charge in [0.15, 0.2) is 0 Å². The molecule has 4 heteroatoms. The summed E-state index contributed by atoms with van der Waals surface area (Å²) in [7, 11) is 0. The van der Waals surface area contributed by atoms with E-state index in [9.17, 15) is 0 Å². The van der Waals surface area contributed by atoms with Crippen molar-refractivity contribution in [2.75, 3.05) is 6.54 Å². The van der Waals surface area contributed by atoms with E-state index in [0.717, 1.165) is 17.9 Å². The molecule has 4 nitrogen and oxygen atoms in total. The SMILES string of the molecule is CCNC(C#N)Cn1nc(C)cc1C. The van der Waals surface area contributed by atoms with Crippen molar-refractivity contribution < 1.29 is 0 Å². The number of nitriles is 1. The number of aromatic nitrogens is 2. The first-order chi connectivity index (χ1) is 6.67. The van der Waals surface area contributed by atoms with Crippen molar-refractivity contribution in [2.24, 2.45) is 0 Å². The Hall–Kier alpha value is -1.34. The number of likely N-dealkylation sites (N-methyl/N-ethyl adjacent to an activating group) is 1. The van der Waals surface area contributed by atoms with Gasteiger partial charge in [0.05, 0.1) is 18.3 Å². The Kier molecular flexibility index (Phi) is 3.66. The summed E-state index contributed by atoms with van der Waals surface area (Å²) < 4.78 is 1.87. The lowest BCUT2D eigenvalue weighted by atomic mass is 10.3. The molecule has 0 saturated heterocycles. The minimum atomic E-state index is -0.155. The van der Waals surface area contributed by atoms with Crippen LogP contribution in [0.3, 0.4) is 0 Å². The van der Waals surface area contributed by atoms with Crippen molar-refractivity contribution >= 4 is 0 Å². The fourth-order valence-corrected chi connectivity index (χ4v) is 1.43. The molecule has 1 N–H and O–H groups in total. The molecule has 1 unspecified atom stereocenters. The van der Waals surface area contributed by atoms with Crippen LogP contribution in [0.15, 0.2) is 6.07 Å². The van der Waals surface area contributed by atoms with Gasteiger partial charge in [-0.1, -0.05) is 6.92 Å². The zero-order chi connectivity index (χ0) is 10.6. The molecule has 0 amide bonds. The summed E-state index contributed by atoms with van der Waals surface area (Å²) in [6.07, 6.45) is 0. The van der Waals surface area contributed by atoms with Gasteiger partial charge in [0, 0.05) is 5.69 Å². The second kappa shape index (κ2) is 4.77.